The van der Waals surface area contributed by atoms with Crippen LogP contribution in [0.25, 0.3) is 10.9 Å². The van der Waals surface area contributed by atoms with Crippen molar-refractivity contribution in [2.75, 3.05) is 0 Å². The predicted molar refractivity (Wildman–Crippen MR) is 154 cm³/mol. The van der Waals surface area contributed by atoms with Crippen molar-refractivity contribution in [3.8, 4) is 11.5 Å². The summed E-state index contributed by atoms with van der Waals surface area (Å²) in [5, 5.41) is 12.3. The minimum atomic E-state index is -1.00. The summed E-state index contributed by atoms with van der Waals surface area (Å²) in [4.78, 5) is 31.1. The maximum Gasteiger partial charge on any atom is 0.180 e. The third-order valence-electron chi connectivity index (χ3n) is 7.22. The fraction of sp³-hybridized carbons (Fsp3) is 0.303. The number of carbonyl (C=O) groups is 2. The molecule has 6 heteroatoms. The number of pyridine rings is 1. The standard InChI is InChI=1S/C33H32ClNO4/c1-32(2,3)23-14-18(15-24(31(23)38)33(4,5)6)17-39-26-9-7-8-19-10-13-25(35-28(19)26)27-29(36)21-12-11-20(34)16-22(21)30(27)37/h7-16,27,38H,17H2,1-6H3. The van der Waals surface area contributed by atoms with Gasteiger partial charge >= 0.3 is 0 Å². The van der Waals surface area contributed by atoms with E-state index in [2.05, 4.69) is 41.5 Å². The Balaban J connectivity index is 1.51. The molecule has 0 radical (unpaired) electrons. The number of ether oxygens (including phenoxy) is 1. The van der Waals surface area contributed by atoms with Gasteiger partial charge in [-0.05, 0) is 70.0 Å². The molecule has 0 saturated heterocycles. The smallest absolute Gasteiger partial charge is 0.180 e. The van der Waals surface area contributed by atoms with Crippen LogP contribution < -0.4 is 4.74 Å². The highest BCUT2D eigenvalue weighted by molar-refractivity contribution is 6.34. The van der Waals surface area contributed by atoms with E-state index < -0.39 is 5.92 Å². The van der Waals surface area contributed by atoms with Crippen molar-refractivity contribution in [3.05, 3.63) is 99.2 Å². The first kappa shape index (κ1) is 26.9. The summed E-state index contributed by atoms with van der Waals surface area (Å²) in [5.41, 5.74) is 3.83. The zero-order valence-electron chi connectivity index (χ0n) is 23.1. The van der Waals surface area contributed by atoms with E-state index in [-0.39, 0.29) is 29.0 Å². The molecule has 0 amide bonds. The van der Waals surface area contributed by atoms with Gasteiger partial charge in [0.1, 0.15) is 29.5 Å². The number of phenolic OH excluding ortho intramolecular Hbond substituents is 1. The second kappa shape index (κ2) is 9.49. The third kappa shape index (κ3) is 4.92. The minimum Gasteiger partial charge on any atom is -0.507 e. The molecule has 0 bridgehead atoms. The van der Waals surface area contributed by atoms with Gasteiger partial charge in [0.15, 0.2) is 11.6 Å². The number of hydrogen-bond donors (Lipinski definition) is 1. The SMILES string of the molecule is CC(C)(C)c1cc(COc2cccc3ccc(C4C(=O)c5ccc(Cl)cc5C4=O)nc23)cc(C(C)(C)C)c1O. The van der Waals surface area contributed by atoms with Crippen LogP contribution >= 0.6 is 11.6 Å². The van der Waals surface area contributed by atoms with E-state index in [1.165, 1.54) is 0 Å². The van der Waals surface area contributed by atoms with Gasteiger partial charge in [0, 0.05) is 21.5 Å². The first-order chi connectivity index (χ1) is 18.3. The van der Waals surface area contributed by atoms with Crippen LogP contribution in [0.1, 0.15) is 90.6 Å². The number of ketones is 2. The number of Topliss-reactive ketones (excluding diaryl/α,β-unsaturated/α-hetero) is 2. The molecular formula is C33H32ClNO4. The Morgan fingerprint density at radius 1 is 0.846 bits per heavy atom. The van der Waals surface area contributed by atoms with Crippen LogP contribution in [0.3, 0.4) is 0 Å². The molecule has 1 aliphatic rings. The Bertz CT molecular complexity index is 1610. The molecule has 0 saturated carbocycles. The van der Waals surface area contributed by atoms with Crippen molar-refractivity contribution < 1.29 is 19.4 Å². The van der Waals surface area contributed by atoms with Crippen LogP contribution in [0.15, 0.2) is 60.7 Å². The molecule has 1 atom stereocenters. The molecule has 200 valence electrons. The van der Waals surface area contributed by atoms with Gasteiger partial charge in [-0.3, -0.25) is 9.59 Å². The number of halogens is 1. The summed E-state index contributed by atoms with van der Waals surface area (Å²) in [7, 11) is 0. The molecule has 0 spiro atoms. The summed E-state index contributed by atoms with van der Waals surface area (Å²) in [6.07, 6.45) is 0. The lowest BCUT2D eigenvalue weighted by atomic mass is 9.78. The molecule has 1 unspecified atom stereocenters. The van der Waals surface area contributed by atoms with Crippen LogP contribution in [-0.4, -0.2) is 21.7 Å². The number of hydrogen-bond acceptors (Lipinski definition) is 5. The van der Waals surface area contributed by atoms with E-state index in [0.29, 0.717) is 38.9 Å². The molecule has 39 heavy (non-hydrogen) atoms. The zero-order chi connectivity index (χ0) is 28.3. The Morgan fingerprint density at radius 3 is 2.13 bits per heavy atom. The second-order valence-electron chi connectivity index (χ2n) is 12.2. The average molecular weight is 542 g/mol. The molecule has 1 aliphatic carbocycles. The number of aromatic hydroxyl groups is 1. The van der Waals surface area contributed by atoms with Crippen LogP contribution in [-0.2, 0) is 17.4 Å². The third-order valence-corrected chi connectivity index (χ3v) is 7.45. The molecule has 1 aromatic heterocycles. The Hall–Kier alpha value is -3.70. The number of aromatic nitrogens is 1. The molecule has 0 aliphatic heterocycles. The van der Waals surface area contributed by atoms with Gasteiger partial charge in [-0.1, -0.05) is 71.3 Å². The average Bonchev–Trinajstić information content (AvgIpc) is 3.10. The van der Waals surface area contributed by atoms with Crippen LogP contribution in [0.2, 0.25) is 5.02 Å². The molecule has 3 aromatic carbocycles. The van der Waals surface area contributed by atoms with E-state index in [4.69, 9.17) is 21.3 Å². The van der Waals surface area contributed by atoms with E-state index in [1.807, 2.05) is 36.4 Å². The number of rotatable bonds is 4. The lowest BCUT2D eigenvalue weighted by Gasteiger charge is -2.28. The van der Waals surface area contributed by atoms with Crippen LogP contribution in [0.5, 0.6) is 11.5 Å². The van der Waals surface area contributed by atoms with Crippen molar-refractivity contribution in [1.29, 1.82) is 0 Å². The molecular weight excluding hydrogens is 510 g/mol. The molecule has 1 heterocycles. The van der Waals surface area contributed by atoms with Gasteiger partial charge in [0.2, 0.25) is 0 Å². The number of nitrogens with zero attached hydrogens (tertiary/aromatic N) is 1. The van der Waals surface area contributed by atoms with E-state index in [1.54, 1.807) is 24.3 Å². The van der Waals surface area contributed by atoms with Gasteiger partial charge in [-0.2, -0.15) is 0 Å². The highest BCUT2D eigenvalue weighted by Crippen LogP contribution is 2.40. The Kier molecular flexibility index (Phi) is 6.54. The first-order valence-electron chi connectivity index (χ1n) is 13.0. The highest BCUT2D eigenvalue weighted by Gasteiger charge is 2.40. The van der Waals surface area contributed by atoms with Crippen molar-refractivity contribution in [2.45, 2.75) is 64.9 Å². The predicted octanol–water partition coefficient (Wildman–Crippen LogP) is 7.93. The summed E-state index contributed by atoms with van der Waals surface area (Å²) in [6, 6.07) is 18.0. The van der Waals surface area contributed by atoms with Crippen LogP contribution in [0.4, 0.5) is 0 Å². The van der Waals surface area contributed by atoms with E-state index in [9.17, 15) is 14.7 Å². The number of fused-ring (bicyclic) bond motifs is 2. The van der Waals surface area contributed by atoms with Gasteiger partial charge < -0.3 is 9.84 Å². The lowest BCUT2D eigenvalue weighted by Crippen LogP contribution is -2.18. The second-order valence-corrected chi connectivity index (χ2v) is 12.7. The molecule has 0 fully saturated rings. The highest BCUT2D eigenvalue weighted by atomic mass is 35.5. The number of benzene rings is 3. The lowest BCUT2D eigenvalue weighted by molar-refractivity contribution is 0.0888. The minimum absolute atomic E-state index is 0.252. The van der Waals surface area contributed by atoms with Gasteiger partial charge in [-0.15, -0.1) is 0 Å². The van der Waals surface area contributed by atoms with Crippen molar-refractivity contribution >= 4 is 34.1 Å². The Morgan fingerprint density at radius 2 is 1.49 bits per heavy atom. The molecule has 1 N–H and O–H groups in total. The van der Waals surface area contributed by atoms with E-state index in [0.717, 1.165) is 22.1 Å². The zero-order valence-corrected chi connectivity index (χ0v) is 23.8. The fourth-order valence-electron chi connectivity index (χ4n) is 5.13. The summed E-state index contributed by atoms with van der Waals surface area (Å²) in [6.45, 7) is 12.7. The molecule has 4 aromatic rings. The fourth-order valence-corrected chi connectivity index (χ4v) is 5.30. The Labute approximate surface area is 233 Å². The maximum absolute atomic E-state index is 13.2. The quantitative estimate of drug-likeness (QED) is 0.265. The monoisotopic (exact) mass is 541 g/mol. The van der Waals surface area contributed by atoms with Gasteiger partial charge in [0.25, 0.3) is 0 Å². The molecule has 5 nitrogen and oxygen atoms in total. The normalized spacial score (nSPS) is 15.6. The summed E-state index contributed by atoms with van der Waals surface area (Å²) in [5.74, 6) is -0.697. The van der Waals surface area contributed by atoms with E-state index >= 15 is 0 Å². The van der Waals surface area contributed by atoms with Crippen molar-refractivity contribution in [1.82, 2.24) is 4.98 Å². The van der Waals surface area contributed by atoms with Gasteiger partial charge in [0.05, 0.1) is 5.69 Å². The van der Waals surface area contributed by atoms with Crippen LogP contribution in [0, 0.1) is 0 Å². The van der Waals surface area contributed by atoms with Crippen molar-refractivity contribution in [3.63, 3.8) is 0 Å². The van der Waals surface area contributed by atoms with Crippen molar-refractivity contribution in [2.24, 2.45) is 0 Å². The number of carbonyl (C=O) groups excluding carboxylic acids is 2. The summed E-state index contributed by atoms with van der Waals surface area (Å²) < 4.78 is 6.30. The first-order valence-corrected chi connectivity index (χ1v) is 13.4. The number of para-hydroxylation sites is 1. The maximum atomic E-state index is 13.2. The van der Waals surface area contributed by atoms with Gasteiger partial charge in [-0.25, -0.2) is 4.98 Å². The number of phenols is 1. The summed E-state index contributed by atoms with van der Waals surface area (Å²) >= 11 is 6.08. The topological polar surface area (TPSA) is 76.5 Å². The largest absolute Gasteiger partial charge is 0.507 e. The molecule has 5 rings (SSSR count).